The number of rotatable bonds is 15. The molecule has 0 unspecified atom stereocenters. The highest BCUT2D eigenvalue weighted by atomic mass is 35.5. The molecular weight excluding hydrogens is 494 g/mol. The van der Waals surface area contributed by atoms with Gasteiger partial charge in [-0.3, -0.25) is 4.79 Å². The van der Waals surface area contributed by atoms with Gasteiger partial charge in [0.25, 0.3) is 5.91 Å². The van der Waals surface area contributed by atoms with Crippen LogP contribution >= 0.6 is 11.6 Å². The van der Waals surface area contributed by atoms with Gasteiger partial charge in [-0.05, 0) is 68.0 Å². The first-order valence-electron chi connectivity index (χ1n) is 13.5. The number of carbonyl (C=O) groups is 1. The lowest BCUT2D eigenvalue weighted by Gasteiger charge is -2.12. The molecule has 0 aliphatic heterocycles. The summed E-state index contributed by atoms with van der Waals surface area (Å²) in [5, 5.41) is 3.45. The first kappa shape index (κ1) is 27.5. The van der Waals surface area contributed by atoms with Crippen molar-refractivity contribution in [2.24, 2.45) is 0 Å². The first-order valence-corrected chi connectivity index (χ1v) is 13.8. The number of para-hydroxylation sites is 3. The number of aryl methyl sites for hydroxylation is 2. The summed E-state index contributed by atoms with van der Waals surface area (Å²) in [6.45, 7) is 6.08. The van der Waals surface area contributed by atoms with Crippen molar-refractivity contribution in [2.45, 2.75) is 51.5 Å². The van der Waals surface area contributed by atoms with Crippen LogP contribution in [0, 0.1) is 0 Å². The summed E-state index contributed by atoms with van der Waals surface area (Å²) in [4.78, 5) is 17.2. The number of benzene rings is 3. The number of nitrogens with zero attached hydrogens (tertiary/aromatic N) is 2. The SMILES string of the molecule is C=CCc1ccccc1OCCCCn1c(CCCCCNC(=O)c2ccccc2Cl)nc2ccccc21. The van der Waals surface area contributed by atoms with Gasteiger partial charge in [0.15, 0.2) is 0 Å². The second-order valence-electron chi connectivity index (χ2n) is 9.37. The third kappa shape index (κ3) is 7.48. The maximum Gasteiger partial charge on any atom is 0.252 e. The Balaban J connectivity index is 1.23. The second kappa shape index (κ2) is 14.4. The fourth-order valence-corrected chi connectivity index (χ4v) is 4.84. The fourth-order valence-electron chi connectivity index (χ4n) is 4.62. The minimum atomic E-state index is -0.120. The van der Waals surface area contributed by atoms with E-state index in [1.165, 1.54) is 11.1 Å². The summed E-state index contributed by atoms with van der Waals surface area (Å²) in [5.74, 6) is 1.96. The molecule has 0 saturated heterocycles. The molecule has 1 heterocycles. The van der Waals surface area contributed by atoms with E-state index in [2.05, 4.69) is 40.7 Å². The molecule has 0 aliphatic rings. The van der Waals surface area contributed by atoms with Crippen LogP contribution in [-0.4, -0.2) is 28.6 Å². The van der Waals surface area contributed by atoms with Crippen molar-refractivity contribution in [3.63, 3.8) is 0 Å². The molecule has 3 aromatic carbocycles. The molecule has 6 heteroatoms. The van der Waals surface area contributed by atoms with E-state index in [0.29, 0.717) is 23.7 Å². The number of imidazole rings is 1. The van der Waals surface area contributed by atoms with Crippen molar-refractivity contribution >= 4 is 28.5 Å². The zero-order valence-corrected chi connectivity index (χ0v) is 22.6. The van der Waals surface area contributed by atoms with E-state index in [9.17, 15) is 4.79 Å². The number of hydrogen-bond donors (Lipinski definition) is 1. The highest BCUT2D eigenvalue weighted by Gasteiger charge is 2.11. The van der Waals surface area contributed by atoms with Crippen LogP contribution in [0.15, 0.2) is 85.5 Å². The maximum atomic E-state index is 12.3. The standard InChI is InChI=1S/C32H36ClN3O2/c1-2-14-25-15-5-10-20-30(25)38-24-13-12-23-36-29-19-9-8-18-28(29)35-31(36)21-4-3-11-22-34-32(37)26-16-6-7-17-27(26)33/h2,5-10,15-20H,1,3-4,11-14,21-24H2,(H,34,37). The quantitative estimate of drug-likeness (QED) is 0.129. The van der Waals surface area contributed by atoms with Crippen molar-refractivity contribution in [1.29, 1.82) is 0 Å². The summed E-state index contributed by atoms with van der Waals surface area (Å²) in [7, 11) is 0. The number of ether oxygens (including phenoxy) is 1. The van der Waals surface area contributed by atoms with E-state index in [4.69, 9.17) is 21.3 Å². The predicted molar refractivity (Wildman–Crippen MR) is 156 cm³/mol. The van der Waals surface area contributed by atoms with Gasteiger partial charge in [0, 0.05) is 19.5 Å². The monoisotopic (exact) mass is 529 g/mol. The molecule has 0 fully saturated rings. The molecule has 0 radical (unpaired) electrons. The highest BCUT2D eigenvalue weighted by Crippen LogP contribution is 2.21. The van der Waals surface area contributed by atoms with Crippen molar-refractivity contribution < 1.29 is 9.53 Å². The lowest BCUT2D eigenvalue weighted by atomic mass is 10.1. The van der Waals surface area contributed by atoms with Crippen molar-refractivity contribution in [2.75, 3.05) is 13.2 Å². The third-order valence-electron chi connectivity index (χ3n) is 6.59. The van der Waals surface area contributed by atoms with E-state index >= 15 is 0 Å². The Kier molecular flexibility index (Phi) is 10.4. The van der Waals surface area contributed by atoms with E-state index in [1.807, 2.05) is 42.5 Å². The largest absolute Gasteiger partial charge is 0.493 e. The molecule has 5 nitrogen and oxygen atoms in total. The lowest BCUT2D eigenvalue weighted by Crippen LogP contribution is -2.24. The smallest absolute Gasteiger partial charge is 0.252 e. The number of allylic oxidation sites excluding steroid dienone is 1. The van der Waals surface area contributed by atoms with Gasteiger partial charge in [-0.1, -0.05) is 66.6 Å². The minimum Gasteiger partial charge on any atom is -0.493 e. The Morgan fingerprint density at radius 2 is 1.74 bits per heavy atom. The number of nitrogens with one attached hydrogen (secondary N) is 1. The molecular formula is C32H36ClN3O2. The molecule has 0 spiro atoms. The van der Waals surface area contributed by atoms with Crippen LogP contribution in [0.2, 0.25) is 5.02 Å². The van der Waals surface area contributed by atoms with Gasteiger partial charge in [-0.2, -0.15) is 0 Å². The molecule has 4 rings (SSSR count). The maximum absolute atomic E-state index is 12.3. The molecule has 0 saturated carbocycles. The van der Waals surface area contributed by atoms with Crippen molar-refractivity contribution in [1.82, 2.24) is 14.9 Å². The van der Waals surface area contributed by atoms with Gasteiger partial charge in [0.1, 0.15) is 11.6 Å². The Hall–Kier alpha value is -3.57. The molecule has 0 bridgehead atoms. The summed E-state index contributed by atoms with van der Waals surface area (Å²) in [5.41, 5.74) is 3.93. The van der Waals surface area contributed by atoms with E-state index in [-0.39, 0.29) is 5.91 Å². The average molecular weight is 530 g/mol. The Bertz CT molecular complexity index is 1350. The number of carbonyl (C=O) groups excluding carboxylic acids is 1. The second-order valence-corrected chi connectivity index (χ2v) is 9.78. The van der Waals surface area contributed by atoms with Gasteiger partial charge in [-0.15, -0.1) is 6.58 Å². The number of fused-ring (bicyclic) bond motifs is 1. The summed E-state index contributed by atoms with van der Waals surface area (Å²) < 4.78 is 8.43. The van der Waals surface area contributed by atoms with E-state index in [1.54, 1.807) is 12.1 Å². The van der Waals surface area contributed by atoms with Gasteiger partial charge in [0.05, 0.1) is 28.2 Å². The topological polar surface area (TPSA) is 56.1 Å². The molecule has 0 atom stereocenters. The van der Waals surface area contributed by atoms with Gasteiger partial charge < -0.3 is 14.6 Å². The van der Waals surface area contributed by atoms with Crippen LogP contribution in [0.1, 0.15) is 53.8 Å². The van der Waals surface area contributed by atoms with Crippen LogP contribution in [0.25, 0.3) is 11.0 Å². The number of hydrogen-bond acceptors (Lipinski definition) is 3. The van der Waals surface area contributed by atoms with Gasteiger partial charge >= 0.3 is 0 Å². The van der Waals surface area contributed by atoms with Crippen LogP contribution < -0.4 is 10.1 Å². The van der Waals surface area contributed by atoms with E-state index < -0.39 is 0 Å². The first-order chi connectivity index (χ1) is 18.7. The normalized spacial score (nSPS) is 11.0. The van der Waals surface area contributed by atoms with Crippen LogP contribution in [0.4, 0.5) is 0 Å². The van der Waals surface area contributed by atoms with Gasteiger partial charge in [0.2, 0.25) is 0 Å². The Labute approximate surface area is 230 Å². The summed E-state index contributed by atoms with van der Waals surface area (Å²) in [6, 6.07) is 23.6. The Morgan fingerprint density at radius 3 is 2.61 bits per heavy atom. The zero-order valence-electron chi connectivity index (χ0n) is 21.9. The lowest BCUT2D eigenvalue weighted by molar-refractivity contribution is 0.0953. The number of amides is 1. The van der Waals surface area contributed by atoms with Crippen LogP contribution in [0.3, 0.4) is 0 Å². The third-order valence-corrected chi connectivity index (χ3v) is 6.91. The number of aromatic nitrogens is 2. The number of unbranched alkanes of at least 4 members (excludes halogenated alkanes) is 3. The van der Waals surface area contributed by atoms with Crippen LogP contribution in [0.5, 0.6) is 5.75 Å². The summed E-state index contributed by atoms with van der Waals surface area (Å²) in [6.07, 6.45) is 8.58. The molecule has 1 aromatic heterocycles. The minimum absolute atomic E-state index is 0.120. The Morgan fingerprint density at radius 1 is 0.947 bits per heavy atom. The van der Waals surface area contributed by atoms with E-state index in [0.717, 1.165) is 68.6 Å². The average Bonchev–Trinajstić information content (AvgIpc) is 3.29. The molecule has 38 heavy (non-hydrogen) atoms. The highest BCUT2D eigenvalue weighted by molar-refractivity contribution is 6.33. The fraction of sp³-hybridized carbons (Fsp3) is 0.312. The van der Waals surface area contributed by atoms with Crippen molar-refractivity contribution in [3.05, 3.63) is 107 Å². The molecule has 198 valence electrons. The molecule has 4 aromatic rings. The number of halogens is 1. The molecule has 0 aliphatic carbocycles. The van der Waals surface area contributed by atoms with Crippen LogP contribution in [-0.2, 0) is 19.4 Å². The summed E-state index contributed by atoms with van der Waals surface area (Å²) >= 11 is 6.12. The molecule has 1 N–H and O–H groups in total. The molecule has 1 amide bonds. The predicted octanol–water partition coefficient (Wildman–Crippen LogP) is 7.42. The van der Waals surface area contributed by atoms with Crippen molar-refractivity contribution in [3.8, 4) is 5.75 Å². The zero-order chi connectivity index (χ0) is 26.6. The van der Waals surface area contributed by atoms with Gasteiger partial charge in [-0.25, -0.2) is 4.98 Å².